The number of benzene rings is 1. The summed E-state index contributed by atoms with van der Waals surface area (Å²) >= 11 is 0. The van der Waals surface area contributed by atoms with Gasteiger partial charge in [-0.05, 0) is 49.8 Å². The molecule has 5 rings (SSSR count). The van der Waals surface area contributed by atoms with Gasteiger partial charge in [-0.2, -0.15) is 0 Å². The zero-order valence-electron chi connectivity index (χ0n) is 18.5. The van der Waals surface area contributed by atoms with Crippen LogP contribution < -0.4 is 15.5 Å². The second-order valence-corrected chi connectivity index (χ2v) is 9.12. The second-order valence-electron chi connectivity index (χ2n) is 9.12. The van der Waals surface area contributed by atoms with E-state index in [1.165, 1.54) is 19.3 Å². The number of amides is 1. The molecular formula is C25H32N6O. The van der Waals surface area contributed by atoms with Crippen molar-refractivity contribution in [1.29, 1.82) is 0 Å². The van der Waals surface area contributed by atoms with Gasteiger partial charge in [0.1, 0.15) is 23.8 Å². The van der Waals surface area contributed by atoms with Crippen molar-refractivity contribution in [1.82, 2.24) is 20.3 Å². The summed E-state index contributed by atoms with van der Waals surface area (Å²) < 4.78 is 0. The first-order chi connectivity index (χ1) is 15.8. The number of anilines is 2. The third-order valence-corrected chi connectivity index (χ3v) is 6.90. The molecule has 1 saturated carbocycles. The number of carbonyl (C=O) groups is 1. The smallest absolute Gasteiger partial charge is 0.243 e. The SMILES string of the molecule is O=C(NC1CCCN(c2ncnc3[nH]ccc23)C1)[C@H](Nc1ccccc1)C1CCCCC1. The van der Waals surface area contributed by atoms with E-state index in [2.05, 4.69) is 30.5 Å². The second kappa shape index (κ2) is 9.59. The number of rotatable bonds is 6. The summed E-state index contributed by atoms with van der Waals surface area (Å²) in [6, 6.07) is 12.1. The molecule has 1 saturated heterocycles. The highest BCUT2D eigenvalue weighted by atomic mass is 16.2. The molecule has 1 unspecified atom stereocenters. The third kappa shape index (κ3) is 4.56. The highest BCUT2D eigenvalue weighted by molar-refractivity contribution is 5.88. The molecule has 7 heteroatoms. The fraction of sp³-hybridized carbons (Fsp3) is 0.480. The van der Waals surface area contributed by atoms with E-state index < -0.39 is 0 Å². The van der Waals surface area contributed by atoms with E-state index in [1.54, 1.807) is 6.33 Å². The highest BCUT2D eigenvalue weighted by Crippen LogP contribution is 2.29. The van der Waals surface area contributed by atoms with Crippen LogP contribution in [0.2, 0.25) is 0 Å². The topological polar surface area (TPSA) is 85.9 Å². The van der Waals surface area contributed by atoms with Crippen molar-refractivity contribution in [3.05, 3.63) is 48.9 Å². The molecule has 2 aliphatic rings. The number of piperidine rings is 1. The van der Waals surface area contributed by atoms with E-state index in [0.29, 0.717) is 5.92 Å². The van der Waals surface area contributed by atoms with Crippen LogP contribution in [-0.4, -0.2) is 46.0 Å². The number of aromatic nitrogens is 3. The number of para-hydroxylation sites is 1. The van der Waals surface area contributed by atoms with Crippen LogP contribution in [0.15, 0.2) is 48.9 Å². The van der Waals surface area contributed by atoms with Gasteiger partial charge >= 0.3 is 0 Å². The van der Waals surface area contributed by atoms with Gasteiger partial charge in [0, 0.05) is 31.0 Å². The predicted molar refractivity (Wildman–Crippen MR) is 128 cm³/mol. The van der Waals surface area contributed by atoms with E-state index in [0.717, 1.165) is 61.3 Å². The summed E-state index contributed by atoms with van der Waals surface area (Å²) in [6.45, 7) is 1.71. The Morgan fingerprint density at radius 3 is 2.72 bits per heavy atom. The van der Waals surface area contributed by atoms with Crippen molar-refractivity contribution in [2.24, 2.45) is 5.92 Å². The number of nitrogens with one attached hydrogen (secondary N) is 3. The van der Waals surface area contributed by atoms with Crippen LogP contribution in [0.25, 0.3) is 11.0 Å². The van der Waals surface area contributed by atoms with Gasteiger partial charge in [0.15, 0.2) is 0 Å². The normalized spacial score (nSPS) is 20.8. The summed E-state index contributed by atoms with van der Waals surface area (Å²) in [5.41, 5.74) is 1.87. The molecular weight excluding hydrogens is 400 g/mol. The Balaban J connectivity index is 1.29. The fourth-order valence-electron chi connectivity index (χ4n) is 5.27. The van der Waals surface area contributed by atoms with Crippen molar-refractivity contribution >= 4 is 28.4 Å². The molecule has 1 aromatic carbocycles. The molecule has 168 valence electrons. The lowest BCUT2D eigenvalue weighted by atomic mass is 9.83. The summed E-state index contributed by atoms with van der Waals surface area (Å²) in [5.74, 6) is 1.45. The molecule has 2 atom stereocenters. The lowest BCUT2D eigenvalue weighted by molar-refractivity contribution is -0.124. The van der Waals surface area contributed by atoms with E-state index in [4.69, 9.17) is 0 Å². The third-order valence-electron chi connectivity index (χ3n) is 6.90. The lowest BCUT2D eigenvalue weighted by Crippen LogP contribution is -2.53. The molecule has 2 aromatic heterocycles. The number of fused-ring (bicyclic) bond motifs is 1. The molecule has 3 heterocycles. The van der Waals surface area contributed by atoms with Gasteiger partial charge in [0.05, 0.1) is 5.39 Å². The fourth-order valence-corrected chi connectivity index (χ4v) is 5.27. The van der Waals surface area contributed by atoms with Crippen molar-refractivity contribution in [2.75, 3.05) is 23.3 Å². The maximum atomic E-state index is 13.5. The molecule has 1 aliphatic carbocycles. The van der Waals surface area contributed by atoms with Crippen LogP contribution in [0, 0.1) is 5.92 Å². The zero-order chi connectivity index (χ0) is 21.8. The average Bonchev–Trinajstić information content (AvgIpc) is 3.33. The number of nitrogens with zero attached hydrogens (tertiary/aromatic N) is 3. The first-order valence-electron chi connectivity index (χ1n) is 11.9. The molecule has 2 fully saturated rings. The Labute approximate surface area is 189 Å². The van der Waals surface area contributed by atoms with Gasteiger partial charge in [-0.3, -0.25) is 4.79 Å². The first-order valence-corrected chi connectivity index (χ1v) is 11.9. The van der Waals surface area contributed by atoms with Crippen molar-refractivity contribution in [2.45, 2.75) is 57.0 Å². The molecule has 7 nitrogen and oxygen atoms in total. The van der Waals surface area contributed by atoms with Crippen LogP contribution in [0.5, 0.6) is 0 Å². The van der Waals surface area contributed by atoms with Crippen LogP contribution in [0.4, 0.5) is 11.5 Å². The Hall–Kier alpha value is -3.09. The summed E-state index contributed by atoms with van der Waals surface area (Å²) in [4.78, 5) is 27.8. The largest absolute Gasteiger partial charge is 0.373 e. The van der Waals surface area contributed by atoms with Crippen LogP contribution in [0.1, 0.15) is 44.9 Å². The van der Waals surface area contributed by atoms with E-state index in [1.807, 2.05) is 42.6 Å². The molecule has 3 aromatic rings. The Kier molecular flexibility index (Phi) is 6.23. The molecule has 3 N–H and O–H groups in total. The van der Waals surface area contributed by atoms with Crippen molar-refractivity contribution < 1.29 is 4.79 Å². The molecule has 0 radical (unpaired) electrons. The van der Waals surface area contributed by atoms with E-state index in [-0.39, 0.29) is 18.0 Å². The standard InChI is InChI=1S/C25H32N6O/c32-25(22(18-8-3-1-4-9-18)29-19-10-5-2-6-11-19)30-20-12-7-15-31(16-20)24-21-13-14-26-23(21)27-17-28-24/h2,5-6,10-11,13-14,17-18,20,22,29H,1,3-4,7-9,12,15-16H2,(H,30,32)(H,26,27,28)/t20?,22-/m1/s1. The minimum absolute atomic E-state index is 0.115. The number of hydrogen-bond acceptors (Lipinski definition) is 5. The Morgan fingerprint density at radius 1 is 1.03 bits per heavy atom. The maximum absolute atomic E-state index is 13.5. The highest BCUT2D eigenvalue weighted by Gasteiger charge is 2.32. The minimum Gasteiger partial charge on any atom is -0.373 e. The molecule has 0 bridgehead atoms. The van der Waals surface area contributed by atoms with Gasteiger partial charge in [0.2, 0.25) is 5.91 Å². The van der Waals surface area contributed by atoms with Gasteiger partial charge in [-0.1, -0.05) is 37.5 Å². The summed E-state index contributed by atoms with van der Waals surface area (Å²) in [7, 11) is 0. The van der Waals surface area contributed by atoms with Gasteiger partial charge in [0.25, 0.3) is 0 Å². The molecule has 1 amide bonds. The maximum Gasteiger partial charge on any atom is 0.243 e. The Bertz CT molecular complexity index is 1030. The summed E-state index contributed by atoms with van der Waals surface area (Å²) in [6.07, 6.45) is 11.5. The van der Waals surface area contributed by atoms with E-state index in [9.17, 15) is 4.79 Å². The van der Waals surface area contributed by atoms with Crippen molar-refractivity contribution in [3.8, 4) is 0 Å². The molecule has 0 spiro atoms. The summed E-state index contributed by atoms with van der Waals surface area (Å²) in [5, 5.41) is 7.97. The van der Waals surface area contributed by atoms with Gasteiger partial charge in [-0.15, -0.1) is 0 Å². The number of carbonyl (C=O) groups excluding carboxylic acids is 1. The van der Waals surface area contributed by atoms with Crippen LogP contribution in [-0.2, 0) is 4.79 Å². The van der Waals surface area contributed by atoms with Crippen LogP contribution >= 0.6 is 0 Å². The van der Waals surface area contributed by atoms with Gasteiger partial charge < -0.3 is 20.5 Å². The predicted octanol–water partition coefficient (Wildman–Crippen LogP) is 4.10. The lowest BCUT2D eigenvalue weighted by Gasteiger charge is -2.36. The quantitative estimate of drug-likeness (QED) is 0.546. The van der Waals surface area contributed by atoms with Gasteiger partial charge in [-0.25, -0.2) is 9.97 Å². The molecule has 1 aliphatic heterocycles. The average molecular weight is 433 g/mol. The monoisotopic (exact) mass is 432 g/mol. The van der Waals surface area contributed by atoms with E-state index >= 15 is 0 Å². The zero-order valence-corrected chi connectivity index (χ0v) is 18.5. The number of H-pyrrole nitrogens is 1. The minimum atomic E-state index is -0.191. The molecule has 32 heavy (non-hydrogen) atoms. The van der Waals surface area contributed by atoms with Crippen LogP contribution in [0.3, 0.4) is 0 Å². The first kappa shape index (κ1) is 20.8. The van der Waals surface area contributed by atoms with Crippen molar-refractivity contribution in [3.63, 3.8) is 0 Å². The Morgan fingerprint density at radius 2 is 1.88 bits per heavy atom. The number of aromatic amines is 1. The number of hydrogen-bond donors (Lipinski definition) is 3.